The van der Waals surface area contributed by atoms with Gasteiger partial charge in [0.15, 0.2) is 0 Å². The number of methoxy groups -OCH3 is 1. The predicted octanol–water partition coefficient (Wildman–Crippen LogP) is 4.48. The fraction of sp³-hybridized carbons (Fsp3) is 0.188. The molecule has 0 aliphatic carbocycles. The van der Waals surface area contributed by atoms with Gasteiger partial charge in [0.25, 0.3) is 0 Å². The van der Waals surface area contributed by atoms with E-state index in [9.17, 15) is 4.79 Å². The van der Waals surface area contributed by atoms with E-state index < -0.39 is 4.75 Å². The first-order valence-corrected chi connectivity index (χ1v) is 7.90. The zero-order valence-corrected chi connectivity index (χ0v) is 12.9. The van der Waals surface area contributed by atoms with Crippen molar-refractivity contribution in [3.8, 4) is 0 Å². The molecule has 0 bridgehead atoms. The summed E-state index contributed by atoms with van der Waals surface area (Å²) < 4.78 is 5.38. The molecular formula is C16H16O2S2. The number of thioether (sulfide) groups is 1. The average Bonchev–Trinajstić information content (AvgIpc) is 2.99. The first-order valence-electron chi connectivity index (χ1n) is 6.20. The van der Waals surface area contributed by atoms with E-state index >= 15 is 0 Å². The first kappa shape index (κ1) is 14.9. The Bertz CT molecular complexity index is 563. The number of thiophene rings is 1. The second kappa shape index (κ2) is 6.77. The van der Waals surface area contributed by atoms with Gasteiger partial charge in [-0.05, 0) is 23.4 Å². The Morgan fingerprint density at radius 1 is 1.35 bits per heavy atom. The number of carbonyl (C=O) groups excluding carboxylic acids is 1. The van der Waals surface area contributed by atoms with Crippen LogP contribution in [0.25, 0.3) is 0 Å². The lowest BCUT2D eigenvalue weighted by atomic mass is 9.94. The van der Waals surface area contributed by atoms with Gasteiger partial charge in [-0.2, -0.15) is 0 Å². The Labute approximate surface area is 127 Å². The van der Waals surface area contributed by atoms with E-state index in [0.29, 0.717) is 6.42 Å². The molecule has 1 aromatic heterocycles. The van der Waals surface area contributed by atoms with Gasteiger partial charge < -0.3 is 4.74 Å². The second-order valence-electron chi connectivity index (χ2n) is 4.21. The predicted molar refractivity (Wildman–Crippen MR) is 85.1 cm³/mol. The molecule has 0 spiro atoms. The van der Waals surface area contributed by atoms with Crippen LogP contribution in [-0.2, 0) is 14.3 Å². The summed E-state index contributed by atoms with van der Waals surface area (Å²) in [5, 5.41) is 2.00. The van der Waals surface area contributed by atoms with Gasteiger partial charge in [0.05, 0.1) is 11.3 Å². The van der Waals surface area contributed by atoms with E-state index in [1.807, 2.05) is 47.8 Å². The molecule has 0 amide bonds. The molecule has 0 saturated heterocycles. The van der Waals surface area contributed by atoms with Crippen LogP contribution in [0.5, 0.6) is 0 Å². The number of esters is 1. The third-order valence-corrected chi connectivity index (χ3v) is 5.41. The van der Waals surface area contributed by atoms with Gasteiger partial charge >= 0.3 is 5.97 Å². The average molecular weight is 304 g/mol. The SMILES string of the molecule is C=CCC(Sc1cccs1)(C(=O)OC)c1ccccc1. The number of rotatable bonds is 6. The van der Waals surface area contributed by atoms with Crippen molar-refractivity contribution < 1.29 is 9.53 Å². The minimum atomic E-state index is -0.775. The number of benzene rings is 1. The van der Waals surface area contributed by atoms with Gasteiger partial charge in [0, 0.05) is 0 Å². The number of hydrogen-bond donors (Lipinski definition) is 0. The summed E-state index contributed by atoms with van der Waals surface area (Å²) in [6, 6.07) is 13.7. The van der Waals surface area contributed by atoms with E-state index in [0.717, 1.165) is 9.77 Å². The molecule has 2 nitrogen and oxygen atoms in total. The lowest BCUT2D eigenvalue weighted by Crippen LogP contribution is -2.33. The molecule has 4 heteroatoms. The molecule has 20 heavy (non-hydrogen) atoms. The molecule has 0 radical (unpaired) electrons. The molecule has 1 aromatic carbocycles. The molecule has 0 fully saturated rings. The zero-order chi connectivity index (χ0) is 14.4. The Morgan fingerprint density at radius 3 is 2.65 bits per heavy atom. The molecule has 2 rings (SSSR count). The summed E-state index contributed by atoms with van der Waals surface area (Å²) in [4.78, 5) is 12.5. The molecule has 0 saturated carbocycles. The molecule has 0 aliphatic heterocycles. The minimum absolute atomic E-state index is 0.248. The molecular weight excluding hydrogens is 288 g/mol. The summed E-state index contributed by atoms with van der Waals surface area (Å²) in [5.74, 6) is -0.248. The van der Waals surface area contributed by atoms with Crippen molar-refractivity contribution in [2.24, 2.45) is 0 Å². The highest BCUT2D eigenvalue weighted by Gasteiger charge is 2.41. The Kier molecular flexibility index (Phi) is 5.04. The maximum Gasteiger partial charge on any atom is 0.327 e. The molecule has 0 aliphatic rings. The molecule has 104 valence electrons. The largest absolute Gasteiger partial charge is 0.468 e. The van der Waals surface area contributed by atoms with Gasteiger partial charge in [-0.15, -0.1) is 17.9 Å². The van der Waals surface area contributed by atoms with Gasteiger partial charge in [-0.25, -0.2) is 0 Å². The zero-order valence-electron chi connectivity index (χ0n) is 11.2. The highest BCUT2D eigenvalue weighted by Crippen LogP contribution is 2.46. The maximum absolute atomic E-state index is 12.5. The summed E-state index contributed by atoms with van der Waals surface area (Å²) in [5.41, 5.74) is 0.935. The standard InChI is InChI=1S/C16H16O2S2/c1-3-11-16(15(17)18-2,13-8-5-4-6-9-13)20-14-10-7-12-19-14/h3-10,12H,1,11H2,2H3. The maximum atomic E-state index is 12.5. The number of allylic oxidation sites excluding steroid dienone is 1. The van der Waals surface area contributed by atoms with Crippen molar-refractivity contribution in [1.29, 1.82) is 0 Å². The molecule has 1 heterocycles. The number of carbonyl (C=O) groups is 1. The van der Waals surface area contributed by atoms with Gasteiger partial charge in [0.1, 0.15) is 4.75 Å². The summed E-state index contributed by atoms with van der Waals surface area (Å²) in [6.07, 6.45) is 2.29. The van der Waals surface area contributed by atoms with Crippen molar-refractivity contribution in [3.63, 3.8) is 0 Å². The highest BCUT2D eigenvalue weighted by molar-refractivity contribution is 8.02. The van der Waals surface area contributed by atoms with Crippen molar-refractivity contribution in [3.05, 3.63) is 66.1 Å². The third-order valence-electron chi connectivity index (χ3n) is 2.96. The van der Waals surface area contributed by atoms with Crippen LogP contribution in [0.1, 0.15) is 12.0 Å². The van der Waals surface area contributed by atoms with Crippen LogP contribution in [-0.4, -0.2) is 13.1 Å². The quantitative estimate of drug-likeness (QED) is 0.447. The number of hydrogen-bond acceptors (Lipinski definition) is 4. The van der Waals surface area contributed by atoms with Gasteiger partial charge in [-0.3, -0.25) is 4.79 Å². The first-order chi connectivity index (χ1) is 9.73. The van der Waals surface area contributed by atoms with Crippen LogP contribution in [0.15, 0.2) is 64.7 Å². The monoisotopic (exact) mass is 304 g/mol. The summed E-state index contributed by atoms with van der Waals surface area (Å²) >= 11 is 3.15. The fourth-order valence-corrected chi connectivity index (χ4v) is 4.38. The van der Waals surface area contributed by atoms with Crippen LogP contribution >= 0.6 is 23.1 Å². The van der Waals surface area contributed by atoms with Crippen LogP contribution in [0.2, 0.25) is 0 Å². The van der Waals surface area contributed by atoms with Crippen LogP contribution in [0.3, 0.4) is 0 Å². The van der Waals surface area contributed by atoms with E-state index in [4.69, 9.17) is 4.74 Å². The van der Waals surface area contributed by atoms with E-state index in [-0.39, 0.29) is 5.97 Å². The van der Waals surface area contributed by atoms with E-state index in [1.165, 1.54) is 18.9 Å². The third kappa shape index (κ3) is 2.97. The van der Waals surface area contributed by atoms with Gasteiger partial charge in [-0.1, -0.05) is 54.2 Å². The fourth-order valence-electron chi connectivity index (χ4n) is 2.03. The smallest absolute Gasteiger partial charge is 0.327 e. The topological polar surface area (TPSA) is 26.3 Å². The lowest BCUT2D eigenvalue weighted by Gasteiger charge is -2.29. The molecule has 1 atom stereocenters. The Morgan fingerprint density at radius 2 is 2.10 bits per heavy atom. The minimum Gasteiger partial charge on any atom is -0.468 e. The van der Waals surface area contributed by atoms with Crippen molar-refractivity contribution in [1.82, 2.24) is 0 Å². The van der Waals surface area contributed by atoms with Crippen molar-refractivity contribution >= 4 is 29.1 Å². The van der Waals surface area contributed by atoms with Crippen molar-refractivity contribution in [2.75, 3.05) is 7.11 Å². The molecule has 2 aromatic rings. The molecule has 0 N–H and O–H groups in total. The van der Waals surface area contributed by atoms with Gasteiger partial charge in [0.2, 0.25) is 0 Å². The van der Waals surface area contributed by atoms with E-state index in [2.05, 4.69) is 6.58 Å². The summed E-state index contributed by atoms with van der Waals surface area (Å²) in [7, 11) is 1.43. The lowest BCUT2D eigenvalue weighted by molar-refractivity contribution is -0.143. The van der Waals surface area contributed by atoms with Crippen LogP contribution in [0.4, 0.5) is 0 Å². The Hall–Kier alpha value is -1.52. The van der Waals surface area contributed by atoms with E-state index in [1.54, 1.807) is 17.4 Å². The number of ether oxygens (including phenoxy) is 1. The van der Waals surface area contributed by atoms with Crippen molar-refractivity contribution in [2.45, 2.75) is 15.4 Å². The highest BCUT2D eigenvalue weighted by atomic mass is 32.2. The summed E-state index contributed by atoms with van der Waals surface area (Å²) in [6.45, 7) is 3.80. The van der Waals surface area contributed by atoms with Crippen LogP contribution in [0, 0.1) is 0 Å². The second-order valence-corrected chi connectivity index (χ2v) is 6.76. The molecule has 1 unspecified atom stereocenters. The van der Waals surface area contributed by atoms with Crippen LogP contribution < -0.4 is 0 Å². The normalized spacial score (nSPS) is 13.4. The Balaban J connectivity index is 2.49.